The van der Waals surface area contributed by atoms with Crippen molar-refractivity contribution in [2.75, 3.05) is 17.7 Å². The largest absolute Gasteiger partial charge is 0.485 e. The van der Waals surface area contributed by atoms with E-state index >= 15 is 0 Å². The first-order valence-corrected chi connectivity index (χ1v) is 9.18. The van der Waals surface area contributed by atoms with Crippen molar-refractivity contribution in [2.45, 2.75) is 11.3 Å². The molecule has 0 unspecified atom stereocenters. The van der Waals surface area contributed by atoms with E-state index in [0.29, 0.717) is 27.7 Å². The van der Waals surface area contributed by atoms with Gasteiger partial charge in [-0.3, -0.25) is 4.79 Å². The topological polar surface area (TPSA) is 99.4 Å². The van der Waals surface area contributed by atoms with E-state index in [1.54, 1.807) is 11.6 Å². The van der Waals surface area contributed by atoms with Gasteiger partial charge in [-0.1, -0.05) is 23.9 Å². The van der Waals surface area contributed by atoms with Crippen molar-refractivity contribution in [3.8, 4) is 11.5 Å². The maximum absolute atomic E-state index is 11.8. The zero-order chi connectivity index (χ0) is 17.1. The number of benzene rings is 1. The van der Waals surface area contributed by atoms with Crippen LogP contribution in [0.25, 0.3) is 0 Å². The first-order valence-electron chi connectivity index (χ1n) is 7.32. The minimum atomic E-state index is -0.471. The smallest absolute Gasteiger partial charge is 0.277 e. The predicted octanol–water partition coefficient (Wildman–Crippen LogP) is 2.77. The molecule has 3 heterocycles. The number of fused-ring (bicyclic) bond motifs is 1. The maximum Gasteiger partial charge on any atom is 0.277 e. The highest BCUT2D eigenvalue weighted by atomic mass is 32.2. The molecule has 1 aliphatic rings. The zero-order valence-electron chi connectivity index (χ0n) is 12.7. The number of ether oxygens (including phenoxy) is 2. The van der Waals surface area contributed by atoms with Crippen LogP contribution in [-0.2, 0) is 4.79 Å². The fourth-order valence-corrected chi connectivity index (χ4v) is 3.23. The summed E-state index contributed by atoms with van der Waals surface area (Å²) in [6, 6.07) is 7.39. The molecular formula is C15H12N4O4S2. The van der Waals surface area contributed by atoms with Crippen molar-refractivity contribution in [3.63, 3.8) is 0 Å². The molecule has 128 valence electrons. The summed E-state index contributed by atoms with van der Waals surface area (Å²) >= 11 is 2.51. The molecule has 0 aliphatic carbocycles. The standard InChI is InChI=1S/C15H12N4O4S2/c20-12(17-14-16-5-6-24-14)8-25-15-19-18-13(23-15)11-7-21-9-3-1-2-4-10(9)22-11/h1-6,11H,7-8H2,(H,16,17,20)/t11-/m0/s1. The van der Waals surface area contributed by atoms with Crippen molar-refractivity contribution < 1.29 is 18.7 Å². The van der Waals surface area contributed by atoms with Gasteiger partial charge in [0.15, 0.2) is 16.6 Å². The highest BCUT2D eigenvalue weighted by Crippen LogP contribution is 2.35. The van der Waals surface area contributed by atoms with Gasteiger partial charge in [-0.15, -0.1) is 21.5 Å². The molecule has 4 rings (SSSR count). The normalized spacial score (nSPS) is 15.8. The predicted molar refractivity (Wildman–Crippen MR) is 91.1 cm³/mol. The Morgan fingerprint density at radius 3 is 3.04 bits per heavy atom. The minimum Gasteiger partial charge on any atom is -0.485 e. The van der Waals surface area contributed by atoms with E-state index in [0.717, 1.165) is 11.8 Å². The second kappa shape index (κ2) is 7.11. The lowest BCUT2D eigenvalue weighted by Gasteiger charge is -2.23. The first-order chi connectivity index (χ1) is 12.3. The van der Waals surface area contributed by atoms with Crippen LogP contribution < -0.4 is 14.8 Å². The molecule has 25 heavy (non-hydrogen) atoms. The molecule has 1 amide bonds. The highest BCUT2D eigenvalue weighted by molar-refractivity contribution is 7.99. The molecule has 10 heteroatoms. The Kier molecular flexibility index (Phi) is 4.53. The monoisotopic (exact) mass is 376 g/mol. The third-order valence-electron chi connectivity index (χ3n) is 3.21. The Labute approximate surface area is 150 Å². The van der Waals surface area contributed by atoms with Gasteiger partial charge in [-0.25, -0.2) is 4.98 Å². The molecule has 0 saturated carbocycles. The van der Waals surface area contributed by atoms with E-state index in [2.05, 4.69) is 20.5 Å². The highest BCUT2D eigenvalue weighted by Gasteiger charge is 2.27. The SMILES string of the molecule is O=C(CSc1nnc([C@@H]2COc3ccccc3O2)o1)Nc1nccs1. The van der Waals surface area contributed by atoms with Crippen molar-refractivity contribution in [3.05, 3.63) is 41.7 Å². The van der Waals surface area contributed by atoms with Crippen LogP contribution in [0.15, 0.2) is 45.5 Å². The molecule has 1 aromatic carbocycles. The number of aromatic nitrogens is 3. The minimum absolute atomic E-state index is 0.145. The van der Waals surface area contributed by atoms with Crippen LogP contribution in [0.4, 0.5) is 5.13 Å². The lowest BCUT2D eigenvalue weighted by molar-refractivity contribution is -0.113. The number of hydrogen-bond acceptors (Lipinski definition) is 9. The van der Waals surface area contributed by atoms with E-state index in [-0.39, 0.29) is 18.3 Å². The molecule has 3 aromatic rings. The summed E-state index contributed by atoms with van der Waals surface area (Å²) in [5.74, 6) is 1.59. The molecule has 0 radical (unpaired) electrons. The van der Waals surface area contributed by atoms with Crippen LogP contribution in [0.5, 0.6) is 11.5 Å². The fraction of sp³-hybridized carbons (Fsp3) is 0.200. The van der Waals surface area contributed by atoms with Gasteiger partial charge in [-0.05, 0) is 12.1 Å². The van der Waals surface area contributed by atoms with Crippen LogP contribution in [0.2, 0.25) is 0 Å². The van der Waals surface area contributed by atoms with Crippen molar-refractivity contribution in [2.24, 2.45) is 0 Å². The number of rotatable bonds is 5. The number of thiazole rings is 1. The Morgan fingerprint density at radius 1 is 1.32 bits per heavy atom. The molecule has 0 fully saturated rings. The van der Waals surface area contributed by atoms with Crippen molar-refractivity contribution in [1.82, 2.24) is 15.2 Å². The Hall–Kier alpha value is -2.59. The summed E-state index contributed by atoms with van der Waals surface area (Å²) in [7, 11) is 0. The molecule has 1 aliphatic heterocycles. The third-order valence-corrected chi connectivity index (χ3v) is 4.72. The summed E-state index contributed by atoms with van der Waals surface area (Å²) < 4.78 is 17.0. The average Bonchev–Trinajstić information content (AvgIpc) is 3.31. The number of thioether (sulfide) groups is 1. The van der Waals surface area contributed by atoms with Gasteiger partial charge < -0.3 is 19.2 Å². The molecule has 0 saturated heterocycles. The van der Waals surface area contributed by atoms with Crippen LogP contribution >= 0.6 is 23.1 Å². The molecule has 2 aromatic heterocycles. The van der Waals surface area contributed by atoms with Gasteiger partial charge in [-0.2, -0.15) is 0 Å². The number of nitrogens with zero attached hydrogens (tertiary/aromatic N) is 3. The number of anilines is 1. The number of carbonyl (C=O) groups is 1. The number of nitrogens with one attached hydrogen (secondary N) is 1. The van der Waals surface area contributed by atoms with Crippen molar-refractivity contribution in [1.29, 1.82) is 0 Å². The number of amides is 1. The van der Waals surface area contributed by atoms with E-state index in [1.807, 2.05) is 24.3 Å². The molecule has 0 spiro atoms. The van der Waals surface area contributed by atoms with Crippen molar-refractivity contribution >= 4 is 34.1 Å². The average molecular weight is 376 g/mol. The quantitative estimate of drug-likeness (QED) is 0.679. The third kappa shape index (κ3) is 3.74. The lowest BCUT2D eigenvalue weighted by atomic mass is 10.2. The van der Waals surface area contributed by atoms with E-state index in [9.17, 15) is 4.79 Å². The van der Waals surface area contributed by atoms with Crippen LogP contribution in [-0.4, -0.2) is 33.4 Å². The Morgan fingerprint density at radius 2 is 2.20 bits per heavy atom. The fourth-order valence-electron chi connectivity index (χ4n) is 2.12. The molecule has 8 nitrogen and oxygen atoms in total. The lowest BCUT2D eigenvalue weighted by Crippen LogP contribution is -2.21. The van der Waals surface area contributed by atoms with Gasteiger partial charge in [0, 0.05) is 11.6 Å². The van der Waals surface area contributed by atoms with Gasteiger partial charge >= 0.3 is 0 Å². The van der Waals surface area contributed by atoms with Gasteiger partial charge in [0.2, 0.25) is 12.0 Å². The molecular weight excluding hydrogens is 364 g/mol. The first kappa shape index (κ1) is 15.9. The van der Waals surface area contributed by atoms with Crippen LogP contribution in [0, 0.1) is 0 Å². The van der Waals surface area contributed by atoms with Gasteiger partial charge in [0.25, 0.3) is 11.1 Å². The van der Waals surface area contributed by atoms with Crippen LogP contribution in [0.1, 0.15) is 12.0 Å². The van der Waals surface area contributed by atoms with Crippen LogP contribution in [0.3, 0.4) is 0 Å². The number of carbonyl (C=O) groups excluding carboxylic acids is 1. The second-order valence-corrected chi connectivity index (χ2v) is 6.77. The summed E-state index contributed by atoms with van der Waals surface area (Å²) in [6.45, 7) is 0.286. The van der Waals surface area contributed by atoms with Gasteiger partial charge in [0.1, 0.15) is 6.61 Å². The summed E-state index contributed by atoms with van der Waals surface area (Å²) in [5, 5.41) is 13.2. The molecule has 1 atom stereocenters. The van der Waals surface area contributed by atoms with E-state index in [1.165, 1.54) is 11.3 Å². The summed E-state index contributed by atoms with van der Waals surface area (Å²) in [5.41, 5.74) is 0. The number of para-hydroxylation sites is 2. The Balaban J connectivity index is 1.34. The van der Waals surface area contributed by atoms with Gasteiger partial charge in [0.05, 0.1) is 5.75 Å². The van der Waals surface area contributed by atoms with E-state index < -0.39 is 6.10 Å². The summed E-state index contributed by atoms with van der Waals surface area (Å²) in [6.07, 6.45) is 1.16. The van der Waals surface area contributed by atoms with E-state index in [4.69, 9.17) is 13.9 Å². The summed E-state index contributed by atoms with van der Waals surface area (Å²) in [4.78, 5) is 15.8. The second-order valence-electron chi connectivity index (χ2n) is 4.94. The zero-order valence-corrected chi connectivity index (χ0v) is 14.4. The molecule has 0 bridgehead atoms. The maximum atomic E-state index is 11.8. The Bertz CT molecular complexity index is 868. The molecule has 1 N–H and O–H groups in total. The number of hydrogen-bond donors (Lipinski definition) is 1.